The highest BCUT2D eigenvalue weighted by Crippen LogP contribution is 2.47. The predicted octanol–water partition coefficient (Wildman–Crippen LogP) is 2.75. The van der Waals surface area contributed by atoms with Gasteiger partial charge in [-0.2, -0.15) is 0 Å². The van der Waals surface area contributed by atoms with Gasteiger partial charge in [0.05, 0.1) is 11.3 Å². The fourth-order valence-electron chi connectivity index (χ4n) is 4.63. The molecule has 0 radical (unpaired) electrons. The fourth-order valence-corrected chi connectivity index (χ4v) is 8.02. The molecule has 1 fully saturated rings. The summed E-state index contributed by atoms with van der Waals surface area (Å²) in [4.78, 5) is 52.1. The Labute approximate surface area is 263 Å². The molecule has 3 heterocycles. The Morgan fingerprint density at radius 2 is 2.02 bits per heavy atom. The number of anilines is 1. The van der Waals surface area contributed by atoms with Gasteiger partial charge in [0.2, 0.25) is 5.91 Å². The lowest BCUT2D eigenvalue weighted by atomic mass is 9.97. The molecule has 2 aliphatic rings. The summed E-state index contributed by atoms with van der Waals surface area (Å²) < 4.78 is 11.9. The first-order valence-electron chi connectivity index (χ1n) is 13.0. The molecule has 0 saturated carbocycles. The van der Waals surface area contributed by atoms with E-state index in [0.29, 0.717) is 32.5 Å². The number of nitro groups is 1. The monoisotopic (exact) mass is 658 g/mol. The second-order valence-electron chi connectivity index (χ2n) is 9.71. The normalized spacial score (nSPS) is 19.3. The highest BCUT2D eigenvalue weighted by Gasteiger charge is 2.66. The predicted molar refractivity (Wildman–Crippen MR) is 162 cm³/mol. The molecular weight excluding hydrogens is 633 g/mol. The number of nitrogens with two attached hydrogens (primary N) is 1. The van der Waals surface area contributed by atoms with Gasteiger partial charge in [0, 0.05) is 42.5 Å². The van der Waals surface area contributed by atoms with Crippen LogP contribution in [0.4, 0.5) is 11.4 Å². The Hall–Kier alpha value is -4.19. The van der Waals surface area contributed by atoms with Gasteiger partial charge in [-0.1, -0.05) is 29.2 Å². The number of hydrogen-bond donors (Lipinski definition) is 3. The third kappa shape index (κ3) is 6.21. The summed E-state index contributed by atoms with van der Waals surface area (Å²) in [5.74, 6) is -1.35. The number of phenolic OH excluding ortho intramolecular Hbond substituents is 1. The van der Waals surface area contributed by atoms with Crippen molar-refractivity contribution in [2.75, 3.05) is 24.3 Å². The molecule has 0 unspecified atom stereocenters. The van der Waals surface area contributed by atoms with Crippen LogP contribution in [0.5, 0.6) is 5.75 Å². The van der Waals surface area contributed by atoms with Gasteiger partial charge in [0.1, 0.15) is 28.4 Å². The number of rotatable bonds is 11. The third-order valence-corrected chi connectivity index (χ3v) is 10.3. The first kappa shape index (κ1) is 31.2. The van der Waals surface area contributed by atoms with Gasteiger partial charge in [0.25, 0.3) is 17.3 Å². The lowest BCUT2D eigenvalue weighted by Crippen LogP contribution is -2.80. The Bertz CT molecular complexity index is 1660. The van der Waals surface area contributed by atoms with Crippen LogP contribution < -0.4 is 11.1 Å². The van der Waals surface area contributed by atoms with E-state index in [2.05, 4.69) is 15.5 Å². The molecule has 14 nitrogen and oxygen atoms in total. The number of carbonyl (C=O) groups is 3. The van der Waals surface area contributed by atoms with Crippen molar-refractivity contribution < 1.29 is 33.9 Å². The number of benzene rings is 2. The number of nitrogens with one attached hydrogen (secondary N) is 1. The molecule has 5 rings (SSSR count). The molecule has 2 atom stereocenters. The highest BCUT2D eigenvalue weighted by molar-refractivity contribution is 8.01. The molecule has 230 valence electrons. The Kier molecular flexibility index (Phi) is 9.10. The number of nitrogens with zero attached hydrogens (tertiary/aromatic N) is 4. The smallest absolute Gasteiger partial charge is 0.355 e. The maximum atomic E-state index is 13.7. The molecule has 1 saturated heterocycles. The van der Waals surface area contributed by atoms with Gasteiger partial charge in [-0.3, -0.25) is 24.6 Å². The number of methoxy groups -OCH3 is 1. The average molecular weight is 659 g/mol. The second-order valence-corrected chi connectivity index (χ2v) is 13.2. The number of ether oxygens (including phenoxy) is 2. The fraction of sp³-hybridized carbons (Fsp3) is 0.296. The molecule has 44 heavy (non-hydrogen) atoms. The Balaban J connectivity index is 1.36. The summed E-state index contributed by atoms with van der Waals surface area (Å²) in [5, 5.41) is 31.4. The lowest BCUT2D eigenvalue weighted by molar-refractivity contribution is -0.384. The molecule has 0 spiro atoms. The van der Waals surface area contributed by atoms with Crippen LogP contribution in [0.3, 0.4) is 0 Å². The van der Waals surface area contributed by atoms with Crippen LogP contribution in [-0.4, -0.2) is 72.6 Å². The maximum absolute atomic E-state index is 13.7. The number of fused-ring (bicyclic) bond motifs is 1. The van der Waals surface area contributed by atoms with E-state index < -0.39 is 33.8 Å². The minimum Gasteiger partial charge on any atom is -0.508 e. The zero-order chi connectivity index (χ0) is 31.6. The number of hydrogen-bond acceptors (Lipinski definition) is 14. The second kappa shape index (κ2) is 12.8. The lowest BCUT2D eigenvalue weighted by Gasteiger charge is -2.56. The molecular formula is C27H26N6O8S3. The molecule has 17 heteroatoms. The van der Waals surface area contributed by atoms with Crippen LogP contribution in [-0.2, 0) is 36.9 Å². The van der Waals surface area contributed by atoms with Gasteiger partial charge in [-0.05, 0) is 41.8 Å². The number of aromatic nitrogens is 2. The van der Waals surface area contributed by atoms with Crippen molar-refractivity contribution in [1.29, 1.82) is 0 Å². The molecule has 0 bridgehead atoms. The number of carbonyl (C=O) groups excluding carboxylic acids is 3. The number of thioether (sulfide) groups is 2. The van der Waals surface area contributed by atoms with Crippen LogP contribution >= 0.6 is 34.9 Å². The first-order chi connectivity index (χ1) is 21.0. The van der Waals surface area contributed by atoms with E-state index in [9.17, 15) is 29.6 Å². The van der Waals surface area contributed by atoms with E-state index in [0.717, 1.165) is 5.01 Å². The van der Waals surface area contributed by atoms with Crippen molar-refractivity contribution >= 4 is 64.0 Å². The van der Waals surface area contributed by atoms with Crippen molar-refractivity contribution in [2.45, 2.75) is 35.4 Å². The maximum Gasteiger partial charge on any atom is 0.355 e. The van der Waals surface area contributed by atoms with Crippen LogP contribution in [0, 0.1) is 17.0 Å². The third-order valence-electron chi connectivity index (χ3n) is 6.83. The molecule has 1 aromatic heterocycles. The van der Waals surface area contributed by atoms with Crippen molar-refractivity contribution in [1.82, 2.24) is 20.4 Å². The topological polar surface area (TPSA) is 200 Å². The van der Waals surface area contributed by atoms with E-state index in [-0.39, 0.29) is 35.8 Å². The van der Waals surface area contributed by atoms with Gasteiger partial charge in [-0.15, -0.1) is 22.0 Å². The van der Waals surface area contributed by atoms with Gasteiger partial charge >= 0.3 is 5.97 Å². The SMILES string of the molecule is CO[C@@]1(NC(=O)Cc2ccc(O)cc2N)C(=O)N2C(C(=O)OCc3ccc([N+](=O)[O-])cc3)=C(CSc3nnc(C)s3)CS[C@H]21. The van der Waals surface area contributed by atoms with Crippen LogP contribution in [0.25, 0.3) is 0 Å². The number of phenols is 1. The summed E-state index contributed by atoms with van der Waals surface area (Å²) in [7, 11) is 1.30. The van der Waals surface area contributed by atoms with Gasteiger partial charge < -0.3 is 25.6 Å². The van der Waals surface area contributed by atoms with E-state index in [4.69, 9.17) is 15.2 Å². The van der Waals surface area contributed by atoms with Crippen LogP contribution in [0.1, 0.15) is 16.1 Å². The van der Waals surface area contributed by atoms with E-state index in [1.165, 1.54) is 89.3 Å². The standard InChI is InChI=1S/C27H26N6O8S3/c1-14-30-31-26(44-14)43-13-17-12-42-25-27(40-2,29-21(35)9-16-5-8-19(34)10-20(16)28)24(37)32(25)22(17)23(36)41-11-15-3-6-18(7-4-15)33(38)39/h3-8,10,25,34H,9,11-13,28H2,1-2H3,(H,29,35)/t25-,27-/m0/s1. The zero-order valence-corrected chi connectivity index (χ0v) is 25.8. The number of β-lactam (4-membered cyclic amide) rings is 1. The van der Waals surface area contributed by atoms with Crippen molar-refractivity contribution in [3.05, 3.63) is 80.0 Å². The summed E-state index contributed by atoms with van der Waals surface area (Å²) in [6.07, 6.45) is -0.176. The largest absolute Gasteiger partial charge is 0.508 e. The van der Waals surface area contributed by atoms with Crippen molar-refractivity contribution in [2.24, 2.45) is 0 Å². The summed E-state index contributed by atoms with van der Waals surface area (Å²) in [5.41, 5.74) is 5.94. The quantitative estimate of drug-likeness (QED) is 0.0517. The average Bonchev–Trinajstić information content (AvgIpc) is 3.43. The van der Waals surface area contributed by atoms with Crippen molar-refractivity contribution in [3.63, 3.8) is 0 Å². The van der Waals surface area contributed by atoms with Crippen LogP contribution in [0.15, 0.2) is 58.1 Å². The van der Waals surface area contributed by atoms with E-state index in [1.54, 1.807) is 0 Å². The first-order valence-corrected chi connectivity index (χ1v) is 15.8. The van der Waals surface area contributed by atoms with Gasteiger partial charge in [0.15, 0.2) is 4.34 Å². The number of nitrogen functional groups attached to an aromatic ring is 1. The zero-order valence-electron chi connectivity index (χ0n) is 23.3. The number of nitro benzene ring substituents is 1. The minimum absolute atomic E-state index is 0.0408. The molecule has 2 aliphatic heterocycles. The van der Waals surface area contributed by atoms with E-state index >= 15 is 0 Å². The van der Waals surface area contributed by atoms with E-state index in [1.807, 2.05) is 6.92 Å². The molecule has 2 aromatic carbocycles. The molecule has 0 aliphatic carbocycles. The Morgan fingerprint density at radius 3 is 2.66 bits per heavy atom. The molecule has 4 N–H and O–H groups in total. The number of aryl methyl sites for hydroxylation is 1. The minimum atomic E-state index is -1.74. The summed E-state index contributed by atoms with van der Waals surface area (Å²) in [6.45, 7) is 1.65. The summed E-state index contributed by atoms with van der Waals surface area (Å²) >= 11 is 4.09. The number of non-ortho nitro benzene ring substituents is 1. The molecule has 2 amide bonds. The Morgan fingerprint density at radius 1 is 1.27 bits per heavy atom. The van der Waals surface area contributed by atoms with Gasteiger partial charge in [-0.25, -0.2) is 4.79 Å². The number of esters is 1. The highest BCUT2D eigenvalue weighted by atomic mass is 32.2. The summed E-state index contributed by atoms with van der Waals surface area (Å²) in [6, 6.07) is 9.82. The molecule has 3 aromatic rings. The number of aromatic hydroxyl groups is 1. The van der Waals surface area contributed by atoms with Crippen LogP contribution in [0.2, 0.25) is 0 Å². The number of amides is 2. The van der Waals surface area contributed by atoms with Crippen molar-refractivity contribution in [3.8, 4) is 5.75 Å².